The largest absolute Gasteiger partial charge is 0.418 e. The van der Waals surface area contributed by atoms with Crippen molar-refractivity contribution in [3.05, 3.63) is 64.6 Å². The van der Waals surface area contributed by atoms with Crippen molar-refractivity contribution in [2.75, 3.05) is 11.4 Å². The van der Waals surface area contributed by atoms with Crippen LogP contribution in [0.15, 0.2) is 28.7 Å². The van der Waals surface area contributed by atoms with Gasteiger partial charge >= 0.3 is 6.18 Å². The van der Waals surface area contributed by atoms with E-state index in [1.54, 1.807) is 6.92 Å². The summed E-state index contributed by atoms with van der Waals surface area (Å²) in [4.78, 5) is 21.3. The van der Waals surface area contributed by atoms with E-state index in [0.29, 0.717) is 10.5 Å². The van der Waals surface area contributed by atoms with Crippen LogP contribution < -0.4 is 4.90 Å². The monoisotopic (exact) mass is 515 g/mol. The van der Waals surface area contributed by atoms with E-state index in [9.17, 15) is 33.4 Å². The summed E-state index contributed by atoms with van der Waals surface area (Å²) in [5, 5.41) is 22.5. The minimum Gasteiger partial charge on any atom is -0.333 e. The number of hydrogen-bond donors (Lipinski definition) is 0. The number of nitro benzene ring substituents is 2. The molecule has 0 aliphatic carbocycles. The van der Waals surface area contributed by atoms with Gasteiger partial charge in [0.1, 0.15) is 5.69 Å². The second kappa shape index (κ2) is 8.72. The Kier molecular flexibility index (Phi) is 6.97. The molecule has 0 fully saturated rings. The van der Waals surface area contributed by atoms with Crippen LogP contribution in [0, 0.1) is 20.2 Å². The molecule has 2 aromatic rings. The van der Waals surface area contributed by atoms with Crippen LogP contribution in [-0.4, -0.2) is 16.4 Å². The van der Waals surface area contributed by atoms with E-state index in [2.05, 4.69) is 15.9 Å². The van der Waals surface area contributed by atoms with Crippen molar-refractivity contribution in [1.29, 1.82) is 0 Å². The number of benzene rings is 2. The Morgan fingerprint density at radius 1 is 1.03 bits per heavy atom. The van der Waals surface area contributed by atoms with E-state index < -0.39 is 38.6 Å². The lowest BCUT2D eigenvalue weighted by Crippen LogP contribution is -2.24. The third-order valence-electron chi connectivity index (χ3n) is 3.76. The molecule has 0 saturated carbocycles. The maximum absolute atomic E-state index is 13.8. The predicted molar refractivity (Wildman–Crippen MR) is 106 cm³/mol. The standard InChI is InChI=1S/C16H11BrCl2F3N3O4/c1-2-3-23(15-11(18)4-8(17)5-12(15)19)14-10(16(20,21)22)6-9(24(26)27)7-13(14)25(28)29/h4-7H,2-3H2,1H3. The van der Waals surface area contributed by atoms with Crippen LogP contribution in [-0.2, 0) is 6.18 Å². The minimum atomic E-state index is -5.12. The van der Waals surface area contributed by atoms with Gasteiger partial charge in [-0.2, -0.15) is 13.2 Å². The van der Waals surface area contributed by atoms with Gasteiger partial charge in [0, 0.05) is 17.1 Å². The summed E-state index contributed by atoms with van der Waals surface area (Å²) in [7, 11) is 0. The van der Waals surface area contributed by atoms with Crippen LogP contribution in [0.5, 0.6) is 0 Å². The van der Waals surface area contributed by atoms with E-state index >= 15 is 0 Å². The molecule has 156 valence electrons. The van der Waals surface area contributed by atoms with E-state index in [4.69, 9.17) is 23.2 Å². The van der Waals surface area contributed by atoms with Crippen LogP contribution in [0.2, 0.25) is 10.0 Å². The number of non-ortho nitro benzene ring substituents is 1. The van der Waals surface area contributed by atoms with Gasteiger partial charge < -0.3 is 4.90 Å². The second-order valence-electron chi connectivity index (χ2n) is 5.74. The SMILES string of the molecule is CCCN(c1c(Cl)cc(Br)cc1Cl)c1c([N+](=O)[O-])cc([N+](=O)[O-])cc1C(F)(F)F. The summed E-state index contributed by atoms with van der Waals surface area (Å²) in [6, 6.07) is 3.48. The van der Waals surface area contributed by atoms with Crippen molar-refractivity contribution in [3.63, 3.8) is 0 Å². The van der Waals surface area contributed by atoms with Crippen molar-refractivity contribution in [1.82, 2.24) is 0 Å². The number of nitro groups is 2. The minimum absolute atomic E-state index is 0.0569. The van der Waals surface area contributed by atoms with Crippen molar-refractivity contribution < 1.29 is 23.0 Å². The van der Waals surface area contributed by atoms with E-state index in [1.807, 2.05) is 0 Å². The fourth-order valence-electron chi connectivity index (χ4n) is 2.70. The van der Waals surface area contributed by atoms with Gasteiger partial charge in [0.2, 0.25) is 0 Å². The average molecular weight is 517 g/mol. The summed E-state index contributed by atoms with van der Waals surface area (Å²) < 4.78 is 41.8. The molecule has 0 aliphatic heterocycles. The third-order valence-corrected chi connectivity index (χ3v) is 4.79. The Labute approximate surface area is 180 Å². The zero-order valence-corrected chi connectivity index (χ0v) is 17.6. The number of nitrogens with zero attached hydrogens (tertiary/aromatic N) is 3. The smallest absolute Gasteiger partial charge is 0.333 e. The normalized spacial score (nSPS) is 11.4. The summed E-state index contributed by atoms with van der Waals surface area (Å²) >= 11 is 15.5. The highest BCUT2D eigenvalue weighted by atomic mass is 79.9. The highest BCUT2D eigenvalue weighted by molar-refractivity contribution is 9.10. The first-order valence-electron chi connectivity index (χ1n) is 7.84. The Morgan fingerprint density at radius 2 is 1.59 bits per heavy atom. The van der Waals surface area contributed by atoms with Crippen molar-refractivity contribution in [3.8, 4) is 0 Å². The van der Waals surface area contributed by atoms with Gasteiger partial charge in [-0.3, -0.25) is 20.2 Å². The summed E-state index contributed by atoms with van der Waals surface area (Å²) in [6.07, 6.45) is -4.85. The molecule has 13 heteroatoms. The number of alkyl halides is 3. The fraction of sp³-hybridized carbons (Fsp3) is 0.250. The highest BCUT2D eigenvalue weighted by Gasteiger charge is 2.42. The number of hydrogen-bond acceptors (Lipinski definition) is 5. The van der Waals surface area contributed by atoms with Crippen LogP contribution in [0.4, 0.5) is 35.9 Å². The number of halogens is 6. The van der Waals surface area contributed by atoms with Crippen LogP contribution in [0.3, 0.4) is 0 Å². The molecule has 0 amide bonds. The first-order valence-corrected chi connectivity index (χ1v) is 9.39. The molecule has 0 N–H and O–H groups in total. The Bertz CT molecular complexity index is 966. The zero-order valence-electron chi connectivity index (χ0n) is 14.5. The van der Waals surface area contributed by atoms with Crippen LogP contribution in [0.25, 0.3) is 0 Å². The summed E-state index contributed by atoms with van der Waals surface area (Å²) in [5.41, 5.74) is -4.64. The van der Waals surface area contributed by atoms with Crippen molar-refractivity contribution >= 4 is 61.9 Å². The molecular formula is C16H11BrCl2F3N3O4. The molecule has 0 unspecified atom stereocenters. The summed E-state index contributed by atoms with van der Waals surface area (Å²) in [5.74, 6) is 0. The Balaban J connectivity index is 2.98. The van der Waals surface area contributed by atoms with Crippen molar-refractivity contribution in [2.24, 2.45) is 0 Å². The average Bonchev–Trinajstić information content (AvgIpc) is 2.58. The van der Waals surface area contributed by atoms with Gasteiger partial charge in [0.15, 0.2) is 0 Å². The van der Waals surface area contributed by atoms with Gasteiger partial charge in [0.05, 0.1) is 37.2 Å². The molecule has 0 atom stereocenters. The first-order chi connectivity index (χ1) is 13.4. The van der Waals surface area contributed by atoms with Crippen LogP contribution >= 0.6 is 39.1 Å². The first kappa shape index (κ1) is 23.2. The zero-order chi connectivity index (χ0) is 22.1. The van der Waals surface area contributed by atoms with Gasteiger partial charge in [-0.25, -0.2) is 0 Å². The maximum atomic E-state index is 13.8. The molecule has 0 spiro atoms. The molecule has 0 radical (unpaired) electrons. The molecule has 29 heavy (non-hydrogen) atoms. The van der Waals surface area contributed by atoms with Gasteiger partial charge in [-0.1, -0.05) is 46.1 Å². The fourth-order valence-corrected chi connectivity index (χ4v) is 4.11. The van der Waals surface area contributed by atoms with Gasteiger partial charge in [0.25, 0.3) is 11.4 Å². The molecule has 0 saturated heterocycles. The second-order valence-corrected chi connectivity index (χ2v) is 7.47. The lowest BCUT2D eigenvalue weighted by molar-refractivity contribution is -0.394. The molecule has 0 aromatic heterocycles. The maximum Gasteiger partial charge on any atom is 0.418 e. The topological polar surface area (TPSA) is 89.5 Å². The Hall–Kier alpha value is -2.11. The summed E-state index contributed by atoms with van der Waals surface area (Å²) in [6.45, 7) is 1.51. The number of anilines is 2. The lowest BCUT2D eigenvalue weighted by Gasteiger charge is -2.28. The van der Waals surface area contributed by atoms with Gasteiger partial charge in [-0.05, 0) is 18.6 Å². The van der Waals surface area contributed by atoms with E-state index in [0.717, 1.165) is 4.90 Å². The molecule has 7 nitrogen and oxygen atoms in total. The number of rotatable bonds is 6. The van der Waals surface area contributed by atoms with Crippen molar-refractivity contribution in [2.45, 2.75) is 19.5 Å². The Morgan fingerprint density at radius 3 is 2.00 bits per heavy atom. The van der Waals surface area contributed by atoms with Crippen LogP contribution in [0.1, 0.15) is 18.9 Å². The highest BCUT2D eigenvalue weighted by Crippen LogP contribution is 2.49. The van der Waals surface area contributed by atoms with E-state index in [-0.39, 0.29) is 34.8 Å². The molecule has 0 aliphatic rings. The lowest BCUT2D eigenvalue weighted by atomic mass is 10.1. The van der Waals surface area contributed by atoms with Gasteiger partial charge in [-0.15, -0.1) is 0 Å². The quantitative estimate of drug-likeness (QED) is 0.300. The molecular weight excluding hydrogens is 506 g/mol. The molecule has 0 heterocycles. The molecule has 2 aromatic carbocycles. The predicted octanol–water partition coefficient (Wildman–Crippen LogP) is 7.14. The molecule has 2 rings (SSSR count). The molecule has 0 bridgehead atoms. The van der Waals surface area contributed by atoms with E-state index in [1.165, 1.54) is 12.1 Å². The third kappa shape index (κ3) is 4.90.